The van der Waals surface area contributed by atoms with E-state index in [0.29, 0.717) is 64.2 Å². The van der Waals surface area contributed by atoms with E-state index < -0.39 is 6.04 Å². The average Bonchev–Trinajstić information content (AvgIpc) is 3.47. The maximum Gasteiger partial charge on any atom is 0.271 e. The van der Waals surface area contributed by atoms with Gasteiger partial charge in [-0.15, -0.1) is 0 Å². The van der Waals surface area contributed by atoms with Gasteiger partial charge >= 0.3 is 0 Å². The number of methoxy groups -OCH3 is 1. The monoisotopic (exact) mass is 711 g/mol. The quantitative estimate of drug-likeness (QED) is 0.140. The summed E-state index contributed by atoms with van der Waals surface area (Å²) < 4.78 is 20.4. The van der Waals surface area contributed by atoms with Gasteiger partial charge in [0.2, 0.25) is 0 Å². The minimum Gasteiger partial charge on any atom is -0.496 e. The SMILES string of the molecule is CCOc1cc(/C=c2/sc3n(c2=O)[C@@H](c2c(OC)ccc4ccccc24)C(C(=O)N(CC)CC)=C(C)N=3)ccc1OCc1cccc2ccccc12. The Hall–Kier alpha value is -5.67. The standard InChI is InChI=1S/C43H41N3O5S/c1-6-45(7-2)42(48)38-27(4)44-43-46(40(38)39-33-19-12-10-15-30(33)21-23-35(39)49-5)41(47)37(52-43)25-28-20-22-34(36(24-28)50-8-3)51-26-31-17-13-16-29-14-9-11-18-32(29)31/h9-25,40H,6-8,26H2,1-5H3/b37-25+/t40-/m1/s1. The van der Waals surface area contributed by atoms with Crippen LogP contribution in [0.25, 0.3) is 27.6 Å². The van der Waals surface area contributed by atoms with Crippen molar-refractivity contribution in [2.45, 2.75) is 40.3 Å². The number of thiazole rings is 1. The number of nitrogens with zero attached hydrogens (tertiary/aromatic N) is 3. The molecule has 0 saturated heterocycles. The zero-order chi connectivity index (χ0) is 36.4. The van der Waals surface area contributed by atoms with E-state index >= 15 is 0 Å². The smallest absolute Gasteiger partial charge is 0.271 e. The van der Waals surface area contributed by atoms with Gasteiger partial charge in [0.05, 0.1) is 29.5 Å². The number of carbonyl (C=O) groups excluding carboxylic acids is 1. The molecule has 5 aromatic carbocycles. The molecule has 9 heteroatoms. The lowest BCUT2D eigenvalue weighted by molar-refractivity contribution is -0.127. The first-order valence-electron chi connectivity index (χ1n) is 17.6. The van der Waals surface area contributed by atoms with Crippen molar-refractivity contribution >= 4 is 44.9 Å². The van der Waals surface area contributed by atoms with E-state index in [4.69, 9.17) is 19.2 Å². The zero-order valence-electron chi connectivity index (χ0n) is 30.0. The summed E-state index contributed by atoms with van der Waals surface area (Å²) in [7, 11) is 1.62. The lowest BCUT2D eigenvalue weighted by Crippen LogP contribution is -2.43. The summed E-state index contributed by atoms with van der Waals surface area (Å²) in [6.45, 7) is 9.58. The van der Waals surface area contributed by atoms with Crippen LogP contribution in [0.1, 0.15) is 50.4 Å². The second kappa shape index (κ2) is 14.9. The second-order valence-corrected chi connectivity index (χ2v) is 13.5. The summed E-state index contributed by atoms with van der Waals surface area (Å²) in [4.78, 5) is 36.0. The Kier molecular flexibility index (Phi) is 9.96. The topological polar surface area (TPSA) is 82.4 Å². The highest BCUT2D eigenvalue weighted by Crippen LogP contribution is 2.40. The molecule has 1 aliphatic heterocycles. The molecule has 7 rings (SSSR count). The highest BCUT2D eigenvalue weighted by atomic mass is 32.1. The van der Waals surface area contributed by atoms with E-state index in [1.54, 1.807) is 16.6 Å². The summed E-state index contributed by atoms with van der Waals surface area (Å²) in [6, 6.07) is 31.3. The van der Waals surface area contributed by atoms with Crippen LogP contribution in [0.2, 0.25) is 0 Å². The van der Waals surface area contributed by atoms with Crippen molar-refractivity contribution in [1.82, 2.24) is 9.47 Å². The van der Waals surface area contributed by atoms with E-state index in [2.05, 4.69) is 24.3 Å². The maximum atomic E-state index is 14.6. The molecule has 0 saturated carbocycles. The molecule has 1 amide bonds. The number of amides is 1. The number of ether oxygens (including phenoxy) is 3. The second-order valence-electron chi connectivity index (χ2n) is 12.5. The van der Waals surface area contributed by atoms with Crippen molar-refractivity contribution in [1.29, 1.82) is 0 Å². The van der Waals surface area contributed by atoms with Crippen LogP contribution in [0.4, 0.5) is 0 Å². The van der Waals surface area contributed by atoms with Crippen LogP contribution in [0, 0.1) is 0 Å². The fourth-order valence-corrected chi connectivity index (χ4v) is 8.06. The van der Waals surface area contributed by atoms with Crippen LogP contribution in [-0.2, 0) is 11.4 Å². The van der Waals surface area contributed by atoms with Gasteiger partial charge in [0.25, 0.3) is 11.5 Å². The lowest BCUT2D eigenvalue weighted by Gasteiger charge is -2.30. The Bertz CT molecular complexity index is 2520. The van der Waals surface area contributed by atoms with Crippen LogP contribution in [0.15, 0.2) is 118 Å². The van der Waals surface area contributed by atoms with Gasteiger partial charge in [-0.2, -0.15) is 0 Å². The van der Waals surface area contributed by atoms with Crippen molar-refractivity contribution in [3.8, 4) is 17.2 Å². The van der Waals surface area contributed by atoms with Crippen molar-refractivity contribution < 1.29 is 19.0 Å². The lowest BCUT2D eigenvalue weighted by atomic mass is 9.90. The molecule has 8 nitrogen and oxygen atoms in total. The Morgan fingerprint density at radius 1 is 0.846 bits per heavy atom. The van der Waals surface area contributed by atoms with E-state index in [1.165, 1.54) is 11.3 Å². The molecule has 6 aromatic rings. The third-order valence-corrected chi connectivity index (χ3v) is 10.5. The third kappa shape index (κ3) is 6.37. The first-order chi connectivity index (χ1) is 25.4. The van der Waals surface area contributed by atoms with E-state index in [9.17, 15) is 9.59 Å². The first kappa shape index (κ1) is 34.8. The molecule has 1 aromatic heterocycles. The van der Waals surface area contributed by atoms with Gasteiger partial charge in [0.1, 0.15) is 18.4 Å². The van der Waals surface area contributed by atoms with Crippen LogP contribution in [0.3, 0.4) is 0 Å². The van der Waals surface area contributed by atoms with E-state index in [1.807, 2.05) is 107 Å². The van der Waals surface area contributed by atoms with E-state index in [0.717, 1.165) is 38.2 Å². The highest BCUT2D eigenvalue weighted by molar-refractivity contribution is 7.07. The number of rotatable bonds is 11. The number of allylic oxidation sites excluding steroid dienone is 1. The number of hydrogen-bond donors (Lipinski definition) is 0. The predicted molar refractivity (Wildman–Crippen MR) is 208 cm³/mol. The molecule has 0 N–H and O–H groups in total. The summed E-state index contributed by atoms with van der Waals surface area (Å²) in [5.41, 5.74) is 3.41. The molecule has 52 heavy (non-hydrogen) atoms. The molecule has 2 heterocycles. The van der Waals surface area contributed by atoms with Crippen molar-refractivity contribution in [3.63, 3.8) is 0 Å². The van der Waals surface area contributed by atoms with Gasteiger partial charge < -0.3 is 19.1 Å². The summed E-state index contributed by atoms with van der Waals surface area (Å²) in [5, 5.41) is 4.19. The zero-order valence-corrected chi connectivity index (χ0v) is 30.8. The minimum absolute atomic E-state index is 0.152. The number of likely N-dealkylation sites (N-methyl/N-ethyl adjacent to an activating group) is 1. The van der Waals surface area contributed by atoms with Gasteiger partial charge in [-0.3, -0.25) is 14.2 Å². The molecule has 1 atom stereocenters. The molecule has 0 aliphatic carbocycles. The number of aromatic nitrogens is 1. The Balaban J connectivity index is 1.33. The van der Waals surface area contributed by atoms with Crippen molar-refractivity contribution in [3.05, 3.63) is 145 Å². The maximum absolute atomic E-state index is 14.6. The van der Waals surface area contributed by atoms with Crippen LogP contribution in [-0.4, -0.2) is 42.2 Å². The summed E-state index contributed by atoms with van der Waals surface area (Å²) in [5.74, 6) is 1.65. The fraction of sp³-hybridized carbons (Fsp3) is 0.233. The Labute approximate surface area is 306 Å². The van der Waals surface area contributed by atoms with Crippen LogP contribution < -0.4 is 29.1 Å². The van der Waals surface area contributed by atoms with Gasteiger partial charge in [0.15, 0.2) is 16.3 Å². The van der Waals surface area contributed by atoms with Crippen LogP contribution >= 0.6 is 11.3 Å². The normalized spacial score (nSPS) is 14.3. The number of hydrogen-bond acceptors (Lipinski definition) is 7. The number of carbonyl (C=O) groups is 1. The minimum atomic E-state index is -0.753. The molecule has 1 aliphatic rings. The molecule has 264 valence electrons. The summed E-state index contributed by atoms with van der Waals surface area (Å²) in [6.07, 6.45) is 1.85. The first-order valence-corrected chi connectivity index (χ1v) is 18.4. The molecule has 0 unspecified atom stereocenters. The number of benzene rings is 5. The molecule has 0 fully saturated rings. The van der Waals surface area contributed by atoms with Crippen molar-refractivity contribution in [2.24, 2.45) is 4.99 Å². The fourth-order valence-electron chi connectivity index (χ4n) is 7.01. The van der Waals surface area contributed by atoms with Gasteiger partial charge in [-0.1, -0.05) is 90.2 Å². The Morgan fingerprint density at radius 2 is 1.54 bits per heavy atom. The van der Waals surface area contributed by atoms with Gasteiger partial charge in [-0.05, 0) is 84.6 Å². The van der Waals surface area contributed by atoms with Gasteiger partial charge in [0, 0.05) is 18.7 Å². The predicted octanol–water partition coefficient (Wildman–Crippen LogP) is 7.40. The molecule has 0 spiro atoms. The van der Waals surface area contributed by atoms with Crippen molar-refractivity contribution in [2.75, 3.05) is 26.8 Å². The largest absolute Gasteiger partial charge is 0.496 e. The van der Waals surface area contributed by atoms with Crippen LogP contribution in [0.5, 0.6) is 17.2 Å². The molecular formula is C43H41N3O5S. The number of fused-ring (bicyclic) bond motifs is 3. The van der Waals surface area contributed by atoms with E-state index in [-0.39, 0.29) is 11.5 Å². The molecular weight excluding hydrogens is 671 g/mol. The van der Waals surface area contributed by atoms with Gasteiger partial charge in [-0.25, -0.2) is 4.99 Å². The molecule has 0 bridgehead atoms. The average molecular weight is 712 g/mol. The Morgan fingerprint density at radius 3 is 2.27 bits per heavy atom. The highest BCUT2D eigenvalue weighted by Gasteiger charge is 2.36. The third-order valence-electron chi connectivity index (χ3n) is 9.56. The summed E-state index contributed by atoms with van der Waals surface area (Å²) >= 11 is 1.30. The molecule has 0 radical (unpaired) electrons.